The summed E-state index contributed by atoms with van der Waals surface area (Å²) in [5.74, 6) is -1.68. The molecule has 1 aliphatic heterocycles. The van der Waals surface area contributed by atoms with Gasteiger partial charge in [-0.2, -0.15) is 10.4 Å². The van der Waals surface area contributed by atoms with Crippen molar-refractivity contribution in [3.05, 3.63) is 82.8 Å². The van der Waals surface area contributed by atoms with E-state index in [-0.39, 0.29) is 35.6 Å². The lowest BCUT2D eigenvalue weighted by Crippen LogP contribution is -2.44. The molecular formula is C27H23FN4O4. The van der Waals surface area contributed by atoms with Gasteiger partial charge in [0, 0.05) is 30.0 Å². The molecule has 0 bridgehead atoms. The lowest BCUT2D eigenvalue weighted by molar-refractivity contribution is -0.141. The first-order valence-corrected chi connectivity index (χ1v) is 11.1. The Morgan fingerprint density at radius 2 is 1.86 bits per heavy atom. The number of halogens is 1. The van der Waals surface area contributed by atoms with E-state index in [2.05, 4.69) is 5.10 Å². The molecule has 2 amide bonds. The summed E-state index contributed by atoms with van der Waals surface area (Å²) >= 11 is 0. The average Bonchev–Trinajstić information content (AvgIpc) is 3.31. The molecule has 9 heteroatoms. The molecule has 1 aliphatic rings. The predicted octanol–water partition coefficient (Wildman–Crippen LogP) is 3.93. The van der Waals surface area contributed by atoms with E-state index in [1.807, 2.05) is 36.4 Å². The minimum atomic E-state index is -0.661. The van der Waals surface area contributed by atoms with Gasteiger partial charge >= 0.3 is 0 Å². The van der Waals surface area contributed by atoms with Crippen LogP contribution in [0.3, 0.4) is 0 Å². The Bertz CT molecular complexity index is 1430. The molecule has 0 unspecified atom stereocenters. The highest BCUT2D eigenvalue weighted by Gasteiger charge is 2.35. The maximum atomic E-state index is 14.6. The van der Waals surface area contributed by atoms with Crippen LogP contribution in [0, 0.1) is 17.1 Å². The van der Waals surface area contributed by atoms with Crippen molar-refractivity contribution < 1.29 is 23.5 Å². The number of amides is 2. The molecule has 0 saturated carbocycles. The van der Waals surface area contributed by atoms with Gasteiger partial charge in [-0.15, -0.1) is 0 Å². The van der Waals surface area contributed by atoms with Crippen LogP contribution >= 0.6 is 0 Å². The summed E-state index contributed by atoms with van der Waals surface area (Å²) in [5, 5.41) is 14.3. The Labute approximate surface area is 207 Å². The van der Waals surface area contributed by atoms with Crippen LogP contribution in [0.4, 0.5) is 4.39 Å². The zero-order chi connectivity index (χ0) is 25.8. The third kappa shape index (κ3) is 4.54. The Morgan fingerprint density at radius 1 is 1.11 bits per heavy atom. The molecular weight excluding hydrogens is 463 g/mol. The van der Waals surface area contributed by atoms with E-state index in [9.17, 15) is 19.2 Å². The number of methoxy groups -OCH3 is 2. The first kappa shape index (κ1) is 24.6. The standard InChI is InChI=1S/C27H23FN4O4/c1-17-21(26(33)31(11-12-35-2)27(34)22(17)15-29)13-19-16-32(20-7-5-4-6-8-20)30-25(19)18-9-10-24(36-3)23(28)14-18/h4-10,13-14,16H,11-12H2,1-3H3/b21-13+. The number of carbonyl (C=O) groups is 2. The summed E-state index contributed by atoms with van der Waals surface area (Å²) in [6.07, 6.45) is 3.29. The third-order valence-electron chi connectivity index (χ3n) is 5.83. The van der Waals surface area contributed by atoms with E-state index in [0.29, 0.717) is 16.8 Å². The topological polar surface area (TPSA) is 97.5 Å². The highest BCUT2D eigenvalue weighted by molar-refractivity contribution is 6.19. The van der Waals surface area contributed by atoms with Crippen molar-refractivity contribution in [3.8, 4) is 28.8 Å². The maximum Gasteiger partial charge on any atom is 0.271 e. The van der Waals surface area contributed by atoms with E-state index < -0.39 is 17.6 Å². The number of carbonyl (C=O) groups excluding carboxylic acids is 2. The zero-order valence-corrected chi connectivity index (χ0v) is 20.0. The molecule has 0 atom stereocenters. The maximum absolute atomic E-state index is 14.6. The molecule has 2 aromatic carbocycles. The van der Waals surface area contributed by atoms with Crippen LogP contribution in [0.25, 0.3) is 23.0 Å². The second kappa shape index (κ2) is 10.4. The molecule has 36 heavy (non-hydrogen) atoms. The minimum absolute atomic E-state index is 0.00376. The SMILES string of the molecule is COCCN1C(=O)C(C#N)=C(C)/C(=C\c2cn(-c3ccccc3)nc2-c2ccc(OC)c(F)c2)C1=O. The van der Waals surface area contributed by atoms with Crippen molar-refractivity contribution in [1.82, 2.24) is 14.7 Å². The van der Waals surface area contributed by atoms with Crippen LogP contribution in [0.5, 0.6) is 5.75 Å². The number of nitrogens with zero attached hydrogens (tertiary/aromatic N) is 4. The van der Waals surface area contributed by atoms with E-state index in [1.165, 1.54) is 26.4 Å². The number of nitriles is 1. The van der Waals surface area contributed by atoms with Gasteiger partial charge in [-0.1, -0.05) is 18.2 Å². The third-order valence-corrected chi connectivity index (χ3v) is 5.83. The summed E-state index contributed by atoms with van der Waals surface area (Å²) in [4.78, 5) is 27.0. The van der Waals surface area contributed by atoms with Gasteiger partial charge in [-0.3, -0.25) is 14.5 Å². The summed E-state index contributed by atoms with van der Waals surface area (Å²) < 4.78 is 26.2. The van der Waals surface area contributed by atoms with Crippen molar-refractivity contribution in [2.24, 2.45) is 0 Å². The van der Waals surface area contributed by atoms with E-state index in [1.54, 1.807) is 29.9 Å². The first-order chi connectivity index (χ1) is 17.4. The van der Waals surface area contributed by atoms with Crippen molar-refractivity contribution >= 4 is 17.9 Å². The smallest absolute Gasteiger partial charge is 0.271 e. The molecule has 0 aliphatic carbocycles. The first-order valence-electron chi connectivity index (χ1n) is 11.1. The Kier molecular flexibility index (Phi) is 7.08. The molecule has 0 radical (unpaired) electrons. The number of benzene rings is 2. The van der Waals surface area contributed by atoms with Gasteiger partial charge in [-0.05, 0) is 48.9 Å². The van der Waals surface area contributed by atoms with Crippen LogP contribution in [0.15, 0.2) is 71.4 Å². The highest BCUT2D eigenvalue weighted by atomic mass is 19.1. The summed E-state index contributed by atoms with van der Waals surface area (Å²) in [6, 6.07) is 15.7. The Balaban J connectivity index is 1.91. The second-order valence-electron chi connectivity index (χ2n) is 7.99. The van der Waals surface area contributed by atoms with E-state index in [0.717, 1.165) is 10.6 Å². The number of ether oxygens (including phenoxy) is 2. The number of hydrogen-bond donors (Lipinski definition) is 0. The lowest BCUT2D eigenvalue weighted by atomic mass is 9.93. The normalized spacial score (nSPS) is 15.0. The van der Waals surface area contributed by atoms with Gasteiger partial charge < -0.3 is 9.47 Å². The van der Waals surface area contributed by atoms with Crippen LogP contribution in [-0.2, 0) is 14.3 Å². The highest BCUT2D eigenvalue weighted by Crippen LogP contribution is 2.32. The number of imide groups is 1. The van der Waals surface area contributed by atoms with Gasteiger partial charge in [-0.25, -0.2) is 9.07 Å². The minimum Gasteiger partial charge on any atom is -0.494 e. The van der Waals surface area contributed by atoms with Gasteiger partial charge in [0.1, 0.15) is 17.3 Å². The molecule has 0 saturated heterocycles. The quantitative estimate of drug-likeness (QED) is 0.371. The van der Waals surface area contributed by atoms with Gasteiger partial charge in [0.2, 0.25) is 0 Å². The van der Waals surface area contributed by atoms with Crippen LogP contribution in [0.1, 0.15) is 12.5 Å². The van der Waals surface area contributed by atoms with E-state index in [4.69, 9.17) is 9.47 Å². The van der Waals surface area contributed by atoms with Crippen LogP contribution in [-0.4, -0.2) is 53.9 Å². The second-order valence-corrected chi connectivity index (χ2v) is 7.99. The number of aromatic nitrogens is 2. The predicted molar refractivity (Wildman–Crippen MR) is 130 cm³/mol. The molecule has 1 aromatic heterocycles. The average molecular weight is 487 g/mol. The number of para-hydroxylation sites is 1. The van der Waals surface area contributed by atoms with Crippen molar-refractivity contribution in [3.63, 3.8) is 0 Å². The van der Waals surface area contributed by atoms with Gasteiger partial charge in [0.25, 0.3) is 11.8 Å². The fraction of sp³-hybridized carbons (Fsp3) is 0.185. The molecule has 182 valence electrons. The van der Waals surface area contributed by atoms with Crippen molar-refractivity contribution in [2.45, 2.75) is 6.92 Å². The monoisotopic (exact) mass is 486 g/mol. The molecule has 0 spiro atoms. The van der Waals surface area contributed by atoms with Gasteiger partial charge in [0.05, 0.1) is 25.9 Å². The summed E-state index contributed by atoms with van der Waals surface area (Å²) in [7, 11) is 2.84. The molecule has 0 N–H and O–H groups in total. The molecule has 4 rings (SSSR count). The fourth-order valence-corrected chi connectivity index (χ4v) is 3.91. The van der Waals surface area contributed by atoms with Gasteiger partial charge in [0.15, 0.2) is 11.6 Å². The largest absolute Gasteiger partial charge is 0.494 e. The summed E-state index contributed by atoms with van der Waals surface area (Å²) in [5.41, 5.74) is 2.45. The fourth-order valence-electron chi connectivity index (χ4n) is 3.91. The number of rotatable bonds is 7. The molecule has 2 heterocycles. The van der Waals surface area contributed by atoms with Crippen molar-refractivity contribution in [2.75, 3.05) is 27.4 Å². The molecule has 8 nitrogen and oxygen atoms in total. The Morgan fingerprint density at radius 3 is 2.50 bits per heavy atom. The number of hydrogen-bond acceptors (Lipinski definition) is 6. The summed E-state index contributed by atoms with van der Waals surface area (Å²) in [6.45, 7) is 1.69. The van der Waals surface area contributed by atoms with Crippen molar-refractivity contribution in [1.29, 1.82) is 5.26 Å². The van der Waals surface area contributed by atoms with Crippen LogP contribution in [0.2, 0.25) is 0 Å². The lowest BCUT2D eigenvalue weighted by Gasteiger charge is -2.27. The Hall–Kier alpha value is -4.55. The van der Waals surface area contributed by atoms with E-state index >= 15 is 0 Å². The molecule has 0 fully saturated rings. The molecule has 3 aromatic rings. The van der Waals surface area contributed by atoms with Crippen LogP contribution < -0.4 is 4.74 Å². The zero-order valence-electron chi connectivity index (χ0n) is 20.0.